The highest BCUT2D eigenvalue weighted by Gasteiger charge is 2.12. The van der Waals surface area contributed by atoms with E-state index in [9.17, 15) is 5.11 Å². The summed E-state index contributed by atoms with van der Waals surface area (Å²) >= 11 is 0. The topological polar surface area (TPSA) is 20.2 Å². The van der Waals surface area contributed by atoms with Crippen LogP contribution in [0.5, 0.6) is 0 Å². The number of aliphatic hydroxyl groups is 1. The number of aliphatic hydroxyl groups excluding tert-OH is 1. The lowest BCUT2D eigenvalue weighted by atomic mass is 9.92. The summed E-state index contributed by atoms with van der Waals surface area (Å²) in [5.41, 5.74) is 1.31. The molecular formula is C13H24O. The third-order valence-corrected chi connectivity index (χ3v) is 3.01. The van der Waals surface area contributed by atoms with E-state index in [0.717, 1.165) is 25.2 Å². The van der Waals surface area contributed by atoms with Crippen LogP contribution in [0.4, 0.5) is 0 Å². The van der Waals surface area contributed by atoms with Crippen LogP contribution >= 0.6 is 0 Å². The summed E-state index contributed by atoms with van der Waals surface area (Å²) in [6.45, 7) is 4.48. The smallest absolute Gasteiger partial charge is 0.0750 e. The third kappa shape index (κ3) is 4.28. The van der Waals surface area contributed by atoms with Crippen LogP contribution in [0.2, 0.25) is 0 Å². The third-order valence-electron chi connectivity index (χ3n) is 3.01. The summed E-state index contributed by atoms with van der Waals surface area (Å²) in [7, 11) is 0. The van der Waals surface area contributed by atoms with Gasteiger partial charge in [-0.3, -0.25) is 0 Å². The van der Waals surface area contributed by atoms with Crippen molar-refractivity contribution in [3.63, 3.8) is 0 Å². The van der Waals surface area contributed by atoms with Crippen molar-refractivity contribution in [3.8, 4) is 0 Å². The van der Waals surface area contributed by atoms with Gasteiger partial charge in [0.15, 0.2) is 0 Å². The Morgan fingerprint density at radius 2 is 2.07 bits per heavy atom. The first-order valence-corrected chi connectivity index (χ1v) is 6.07. The van der Waals surface area contributed by atoms with Gasteiger partial charge in [-0.05, 0) is 43.6 Å². The molecule has 0 bridgehead atoms. The molecule has 14 heavy (non-hydrogen) atoms. The second-order valence-electron chi connectivity index (χ2n) is 4.87. The molecule has 0 aromatic carbocycles. The van der Waals surface area contributed by atoms with Crippen molar-refractivity contribution in [3.05, 3.63) is 11.6 Å². The summed E-state index contributed by atoms with van der Waals surface area (Å²) in [4.78, 5) is 0. The lowest BCUT2D eigenvalue weighted by Gasteiger charge is -2.18. The van der Waals surface area contributed by atoms with E-state index in [1.54, 1.807) is 0 Å². The Hall–Kier alpha value is -0.300. The van der Waals surface area contributed by atoms with E-state index in [2.05, 4.69) is 19.9 Å². The van der Waals surface area contributed by atoms with E-state index < -0.39 is 0 Å². The molecule has 1 aliphatic carbocycles. The molecule has 1 heteroatoms. The van der Waals surface area contributed by atoms with Crippen LogP contribution in [0.1, 0.15) is 58.8 Å². The predicted octanol–water partition coefficient (Wildman–Crippen LogP) is 3.67. The van der Waals surface area contributed by atoms with Gasteiger partial charge in [-0.15, -0.1) is 0 Å². The lowest BCUT2D eigenvalue weighted by molar-refractivity contribution is 0.188. The molecule has 0 saturated carbocycles. The molecule has 1 rings (SSSR count). The van der Waals surface area contributed by atoms with Crippen LogP contribution in [0.15, 0.2) is 11.6 Å². The van der Waals surface area contributed by atoms with Crippen LogP contribution in [0.3, 0.4) is 0 Å². The fourth-order valence-electron chi connectivity index (χ4n) is 2.07. The molecule has 0 amide bonds. The van der Waals surface area contributed by atoms with Crippen molar-refractivity contribution in [2.75, 3.05) is 0 Å². The molecule has 1 nitrogen and oxygen atoms in total. The Morgan fingerprint density at radius 3 is 2.64 bits per heavy atom. The van der Waals surface area contributed by atoms with E-state index >= 15 is 0 Å². The number of rotatable bonds is 5. The average molecular weight is 196 g/mol. The zero-order chi connectivity index (χ0) is 10.4. The minimum absolute atomic E-state index is 0.144. The molecule has 1 atom stereocenters. The monoisotopic (exact) mass is 196 g/mol. The highest BCUT2D eigenvalue weighted by Crippen LogP contribution is 2.23. The van der Waals surface area contributed by atoms with Crippen molar-refractivity contribution < 1.29 is 5.11 Å². The maximum absolute atomic E-state index is 9.92. The largest absolute Gasteiger partial charge is 0.389 e. The summed E-state index contributed by atoms with van der Waals surface area (Å²) in [5.74, 6) is 0.766. The molecule has 0 heterocycles. The molecule has 82 valence electrons. The molecule has 0 aromatic rings. The first-order chi connectivity index (χ1) is 6.70. The highest BCUT2D eigenvalue weighted by molar-refractivity contribution is 5.10. The lowest BCUT2D eigenvalue weighted by Crippen LogP contribution is -2.12. The van der Waals surface area contributed by atoms with Crippen molar-refractivity contribution in [2.45, 2.75) is 64.9 Å². The Kier molecular flexibility index (Phi) is 5.24. The molecular weight excluding hydrogens is 172 g/mol. The molecule has 0 spiro atoms. The molecule has 1 aliphatic rings. The van der Waals surface area contributed by atoms with Crippen molar-refractivity contribution >= 4 is 0 Å². The molecule has 1 unspecified atom stereocenters. The van der Waals surface area contributed by atoms with Gasteiger partial charge in [-0.2, -0.15) is 0 Å². The predicted molar refractivity (Wildman–Crippen MR) is 61.2 cm³/mol. The SMILES string of the molecule is CC(C)CCCC(O)C1=CCCCC1. The Labute approximate surface area is 88.2 Å². The number of hydrogen-bond donors (Lipinski definition) is 1. The quantitative estimate of drug-likeness (QED) is 0.665. The van der Waals surface area contributed by atoms with Gasteiger partial charge in [0.25, 0.3) is 0 Å². The van der Waals surface area contributed by atoms with E-state index in [1.807, 2.05) is 0 Å². The van der Waals surface area contributed by atoms with Gasteiger partial charge >= 0.3 is 0 Å². The second kappa shape index (κ2) is 6.23. The first kappa shape index (κ1) is 11.8. The second-order valence-corrected chi connectivity index (χ2v) is 4.87. The number of hydrogen-bond acceptors (Lipinski definition) is 1. The van der Waals surface area contributed by atoms with Gasteiger partial charge in [-0.25, -0.2) is 0 Å². The summed E-state index contributed by atoms with van der Waals surface area (Å²) in [6, 6.07) is 0. The van der Waals surface area contributed by atoms with Crippen molar-refractivity contribution in [1.29, 1.82) is 0 Å². The van der Waals surface area contributed by atoms with Crippen molar-refractivity contribution in [1.82, 2.24) is 0 Å². The van der Waals surface area contributed by atoms with E-state index in [-0.39, 0.29) is 6.10 Å². The van der Waals surface area contributed by atoms with Gasteiger partial charge in [-0.1, -0.05) is 32.8 Å². The van der Waals surface area contributed by atoms with Crippen LogP contribution in [0, 0.1) is 5.92 Å². The normalized spacial score (nSPS) is 19.6. The van der Waals surface area contributed by atoms with Gasteiger partial charge in [0.05, 0.1) is 6.10 Å². The van der Waals surface area contributed by atoms with Gasteiger partial charge in [0.2, 0.25) is 0 Å². The summed E-state index contributed by atoms with van der Waals surface area (Å²) < 4.78 is 0. The van der Waals surface area contributed by atoms with E-state index in [0.29, 0.717) is 0 Å². The number of allylic oxidation sites excluding steroid dienone is 1. The van der Waals surface area contributed by atoms with Crippen LogP contribution < -0.4 is 0 Å². The van der Waals surface area contributed by atoms with E-state index in [4.69, 9.17) is 0 Å². The first-order valence-electron chi connectivity index (χ1n) is 6.07. The molecule has 0 fully saturated rings. The van der Waals surface area contributed by atoms with Gasteiger partial charge in [0.1, 0.15) is 0 Å². The molecule has 0 radical (unpaired) electrons. The fraction of sp³-hybridized carbons (Fsp3) is 0.846. The molecule has 0 aromatic heterocycles. The zero-order valence-corrected chi connectivity index (χ0v) is 9.63. The fourth-order valence-corrected chi connectivity index (χ4v) is 2.07. The summed E-state index contributed by atoms with van der Waals surface area (Å²) in [6.07, 6.45) is 10.4. The standard InChI is InChI=1S/C13H24O/c1-11(2)7-6-10-13(14)12-8-4-3-5-9-12/h8,11,13-14H,3-7,9-10H2,1-2H3. The molecule has 0 saturated heterocycles. The summed E-state index contributed by atoms with van der Waals surface area (Å²) in [5, 5.41) is 9.92. The molecule has 1 N–H and O–H groups in total. The maximum atomic E-state index is 9.92. The minimum Gasteiger partial charge on any atom is -0.389 e. The maximum Gasteiger partial charge on any atom is 0.0750 e. The Balaban J connectivity index is 2.20. The highest BCUT2D eigenvalue weighted by atomic mass is 16.3. The Morgan fingerprint density at radius 1 is 1.29 bits per heavy atom. The minimum atomic E-state index is -0.144. The van der Waals surface area contributed by atoms with E-state index in [1.165, 1.54) is 31.3 Å². The van der Waals surface area contributed by atoms with Gasteiger partial charge < -0.3 is 5.11 Å². The van der Waals surface area contributed by atoms with Crippen LogP contribution in [0.25, 0.3) is 0 Å². The van der Waals surface area contributed by atoms with Crippen molar-refractivity contribution in [2.24, 2.45) is 5.92 Å². The Bertz CT molecular complexity index is 182. The zero-order valence-electron chi connectivity index (χ0n) is 9.63. The van der Waals surface area contributed by atoms with Crippen LogP contribution in [-0.4, -0.2) is 11.2 Å². The average Bonchev–Trinajstić information content (AvgIpc) is 2.18. The molecule has 0 aliphatic heterocycles. The van der Waals surface area contributed by atoms with Gasteiger partial charge in [0, 0.05) is 0 Å². The van der Waals surface area contributed by atoms with Crippen LogP contribution in [-0.2, 0) is 0 Å².